The van der Waals surface area contributed by atoms with Crippen molar-refractivity contribution in [3.63, 3.8) is 0 Å². The van der Waals surface area contributed by atoms with Crippen molar-refractivity contribution >= 4 is 51.8 Å². The second-order valence-corrected chi connectivity index (χ2v) is 10.1. The smallest absolute Gasteiger partial charge is 0.224 e. The van der Waals surface area contributed by atoms with E-state index >= 15 is 0 Å². The van der Waals surface area contributed by atoms with Crippen molar-refractivity contribution in [1.82, 2.24) is 19.9 Å². The molecule has 3 N–H and O–H groups in total. The van der Waals surface area contributed by atoms with Crippen molar-refractivity contribution in [2.45, 2.75) is 32.4 Å². The topological polar surface area (TPSA) is 75.0 Å². The molecule has 0 bridgehead atoms. The van der Waals surface area contributed by atoms with Crippen LogP contribution < -0.4 is 10.6 Å². The fraction of sp³-hybridized carbons (Fsp3) is 0.308. The summed E-state index contributed by atoms with van der Waals surface area (Å²) in [6.07, 6.45) is 5.29. The summed E-state index contributed by atoms with van der Waals surface area (Å²) in [7, 11) is 0. The molecular weight excluding hydrogens is 505 g/mol. The Balaban J connectivity index is 1.49. The molecule has 4 aromatic rings. The third-order valence-electron chi connectivity index (χ3n) is 6.48. The summed E-state index contributed by atoms with van der Waals surface area (Å²) in [6, 6.07) is 12.7. The molecule has 5 rings (SSSR count). The van der Waals surface area contributed by atoms with Gasteiger partial charge in [-0.15, -0.1) is 0 Å². The van der Waals surface area contributed by atoms with Gasteiger partial charge in [-0.1, -0.05) is 46.9 Å². The van der Waals surface area contributed by atoms with E-state index in [0.717, 1.165) is 53.9 Å². The van der Waals surface area contributed by atoms with Gasteiger partial charge in [0.05, 0.1) is 20.8 Å². The summed E-state index contributed by atoms with van der Waals surface area (Å²) in [5.74, 6) is 1.19. The number of piperidine rings is 1. The van der Waals surface area contributed by atoms with Gasteiger partial charge in [-0.25, -0.2) is 4.98 Å². The van der Waals surface area contributed by atoms with E-state index in [2.05, 4.69) is 26.3 Å². The van der Waals surface area contributed by atoms with E-state index in [1.54, 1.807) is 12.1 Å². The zero-order chi connectivity index (χ0) is 24.4. The Bertz CT molecular complexity index is 1330. The summed E-state index contributed by atoms with van der Waals surface area (Å²) in [4.78, 5) is 9.37. The van der Waals surface area contributed by atoms with E-state index in [9.17, 15) is 5.11 Å². The van der Waals surface area contributed by atoms with Crippen LogP contribution in [0.1, 0.15) is 24.8 Å². The molecule has 1 fully saturated rings. The average Bonchev–Trinajstić information content (AvgIpc) is 3.21. The van der Waals surface area contributed by atoms with Gasteiger partial charge in [0.15, 0.2) is 0 Å². The van der Waals surface area contributed by atoms with E-state index in [1.807, 2.05) is 30.5 Å². The molecule has 1 aliphatic heterocycles. The molecule has 35 heavy (non-hydrogen) atoms. The number of hydrogen-bond acceptors (Lipinski definition) is 5. The maximum Gasteiger partial charge on any atom is 0.224 e. The van der Waals surface area contributed by atoms with Crippen LogP contribution in [0.2, 0.25) is 15.1 Å². The highest BCUT2D eigenvalue weighted by Crippen LogP contribution is 2.38. The number of aryl methyl sites for hydroxylation is 1. The summed E-state index contributed by atoms with van der Waals surface area (Å²) < 4.78 is 2.21. The van der Waals surface area contributed by atoms with E-state index < -0.39 is 0 Å². The van der Waals surface area contributed by atoms with Crippen molar-refractivity contribution in [2.24, 2.45) is 5.92 Å². The van der Waals surface area contributed by atoms with Crippen LogP contribution in [-0.2, 0) is 13.1 Å². The highest BCUT2D eigenvalue weighted by atomic mass is 35.5. The molecule has 1 atom stereocenters. The van der Waals surface area contributed by atoms with Gasteiger partial charge in [0.1, 0.15) is 11.4 Å². The first kappa shape index (κ1) is 24.2. The third-order valence-corrected chi connectivity index (χ3v) is 7.41. The van der Waals surface area contributed by atoms with Crippen molar-refractivity contribution in [3.05, 3.63) is 69.3 Å². The van der Waals surface area contributed by atoms with Crippen molar-refractivity contribution < 1.29 is 5.11 Å². The molecule has 0 unspecified atom stereocenters. The number of halogens is 3. The number of anilines is 1. The Morgan fingerprint density at radius 3 is 2.66 bits per heavy atom. The molecule has 2 aromatic carbocycles. The van der Waals surface area contributed by atoms with Gasteiger partial charge in [-0.2, -0.15) is 4.98 Å². The predicted molar refractivity (Wildman–Crippen MR) is 144 cm³/mol. The van der Waals surface area contributed by atoms with E-state index in [4.69, 9.17) is 39.8 Å². The normalized spacial score (nSPS) is 16.0. The monoisotopic (exact) mass is 529 g/mol. The molecule has 1 saturated heterocycles. The summed E-state index contributed by atoms with van der Waals surface area (Å²) in [5.41, 5.74) is 3.50. The maximum absolute atomic E-state index is 9.66. The number of fused-ring (bicyclic) bond motifs is 1. The number of phenols is 1. The van der Waals surface area contributed by atoms with Crippen LogP contribution >= 0.6 is 34.8 Å². The number of phenolic OH excluding ortho intramolecular Hbond substituents is 1. The minimum absolute atomic E-state index is 0.0600. The van der Waals surface area contributed by atoms with Crippen molar-refractivity contribution in [2.75, 3.05) is 18.4 Å². The number of nitrogens with one attached hydrogen (secondary N) is 2. The molecule has 6 nitrogen and oxygen atoms in total. The highest BCUT2D eigenvalue weighted by Gasteiger charge is 2.20. The highest BCUT2D eigenvalue weighted by molar-refractivity contribution is 6.39. The Morgan fingerprint density at radius 2 is 1.91 bits per heavy atom. The minimum Gasteiger partial charge on any atom is -0.506 e. The van der Waals surface area contributed by atoms with Crippen LogP contribution in [0, 0.1) is 5.92 Å². The van der Waals surface area contributed by atoms with Gasteiger partial charge >= 0.3 is 0 Å². The quantitative estimate of drug-likeness (QED) is 0.246. The first-order valence-corrected chi connectivity index (χ1v) is 12.9. The van der Waals surface area contributed by atoms with Crippen LogP contribution in [0.4, 0.5) is 5.95 Å². The molecule has 0 spiro atoms. The Morgan fingerprint density at radius 1 is 1.09 bits per heavy atom. The third kappa shape index (κ3) is 5.36. The second-order valence-electron chi connectivity index (χ2n) is 8.89. The molecule has 1 aliphatic rings. The molecule has 3 heterocycles. The second kappa shape index (κ2) is 10.6. The lowest BCUT2D eigenvalue weighted by Crippen LogP contribution is -2.30. The first-order chi connectivity index (χ1) is 17.0. The lowest BCUT2D eigenvalue weighted by molar-refractivity contribution is 0.343. The number of rotatable bonds is 7. The molecule has 182 valence electrons. The fourth-order valence-electron chi connectivity index (χ4n) is 4.62. The van der Waals surface area contributed by atoms with E-state index in [1.165, 1.54) is 12.8 Å². The van der Waals surface area contributed by atoms with Crippen LogP contribution in [0.5, 0.6) is 5.75 Å². The molecule has 0 saturated carbocycles. The van der Waals surface area contributed by atoms with Gasteiger partial charge in [0.2, 0.25) is 5.95 Å². The molecule has 2 aromatic heterocycles. The number of aromatic hydroxyl groups is 1. The lowest BCUT2D eigenvalue weighted by atomic mass is 9.96. The maximum atomic E-state index is 9.66. The summed E-state index contributed by atoms with van der Waals surface area (Å²) >= 11 is 19.2. The lowest BCUT2D eigenvalue weighted by Gasteiger charge is -2.23. The van der Waals surface area contributed by atoms with E-state index in [0.29, 0.717) is 33.5 Å². The molecule has 9 heteroatoms. The Kier molecular flexibility index (Phi) is 7.35. The number of benzene rings is 2. The number of aromatic nitrogens is 3. The first-order valence-electron chi connectivity index (χ1n) is 11.7. The number of hydrogen-bond donors (Lipinski definition) is 3. The molecule has 0 aliphatic carbocycles. The van der Waals surface area contributed by atoms with Crippen LogP contribution in [0.15, 0.2) is 48.7 Å². The number of nitrogens with zero attached hydrogens (tertiary/aromatic N) is 3. The molecule has 0 radical (unpaired) electrons. The predicted octanol–water partition coefficient (Wildman–Crippen LogP) is 6.77. The summed E-state index contributed by atoms with van der Waals surface area (Å²) in [6.45, 7) is 3.41. The summed E-state index contributed by atoms with van der Waals surface area (Å²) in [5, 5.41) is 18.9. The van der Waals surface area contributed by atoms with Gasteiger partial charge < -0.3 is 20.3 Å². The van der Waals surface area contributed by atoms with Gasteiger partial charge in [0, 0.05) is 30.2 Å². The van der Waals surface area contributed by atoms with Crippen molar-refractivity contribution in [3.8, 4) is 17.0 Å². The molecular formula is C26H26Cl3N5O. The fourth-order valence-corrected chi connectivity index (χ4v) is 5.42. The van der Waals surface area contributed by atoms with Crippen LogP contribution in [-0.4, -0.2) is 32.7 Å². The average molecular weight is 531 g/mol. The Hall–Kier alpha value is -2.51. The largest absolute Gasteiger partial charge is 0.506 e. The van der Waals surface area contributed by atoms with Crippen molar-refractivity contribution in [1.29, 1.82) is 0 Å². The van der Waals surface area contributed by atoms with Gasteiger partial charge in [-0.3, -0.25) is 0 Å². The Labute approximate surface area is 219 Å². The minimum atomic E-state index is 0.0600. The van der Waals surface area contributed by atoms with Crippen LogP contribution in [0.3, 0.4) is 0 Å². The molecule has 0 amide bonds. The SMILES string of the molecule is Oc1ccc(CNc2ncc3cc(-c4c(Cl)cccc4Cl)n(CC[C@@H]4CCCNC4)c3n2)cc1Cl. The zero-order valence-corrected chi connectivity index (χ0v) is 21.3. The zero-order valence-electron chi connectivity index (χ0n) is 19.1. The van der Waals surface area contributed by atoms with Gasteiger partial charge in [0.25, 0.3) is 0 Å². The van der Waals surface area contributed by atoms with Gasteiger partial charge in [-0.05, 0) is 74.2 Å². The van der Waals surface area contributed by atoms with Crippen LogP contribution in [0.25, 0.3) is 22.3 Å². The standard InChI is InChI=1S/C26H26Cl3N5O/c27-19-4-1-5-20(28)24(19)22-12-18-15-32-26(31-14-17-6-7-23(35)21(29)11-17)33-25(18)34(22)10-8-16-3-2-9-30-13-16/h1,4-7,11-12,15-16,30,35H,2-3,8-10,13-14H2,(H,31,32,33)/t16-/m0/s1. The van der Waals surface area contributed by atoms with E-state index in [-0.39, 0.29) is 5.75 Å².